The standard InChI is InChI=1S/C21H37BN2O3/c1-7-8-9-10-23-19(25)16(11-14(2)3)24-22-26-18-13-15-12-17(20(15,4)5)21(18,6)27-22/h7,14-18,24H,1,8-13H2,2-6H3,(H,23,25)/t15-,16-,17-,18-,21-/m0/s1. The van der Waals surface area contributed by atoms with Crippen molar-refractivity contribution in [3.05, 3.63) is 12.7 Å². The van der Waals surface area contributed by atoms with Gasteiger partial charge in [-0.3, -0.25) is 10.0 Å². The van der Waals surface area contributed by atoms with Crippen LogP contribution in [-0.4, -0.2) is 37.5 Å². The molecule has 4 rings (SSSR count). The maximum Gasteiger partial charge on any atom is 0.556 e. The van der Waals surface area contributed by atoms with E-state index in [2.05, 4.69) is 51.7 Å². The second kappa shape index (κ2) is 7.88. The summed E-state index contributed by atoms with van der Waals surface area (Å²) >= 11 is 0. The van der Waals surface area contributed by atoms with Gasteiger partial charge in [0.1, 0.15) is 0 Å². The summed E-state index contributed by atoms with van der Waals surface area (Å²) in [5, 5.41) is 6.40. The van der Waals surface area contributed by atoms with E-state index in [1.54, 1.807) is 0 Å². The van der Waals surface area contributed by atoms with E-state index in [0.29, 0.717) is 23.8 Å². The fraction of sp³-hybridized carbons (Fsp3) is 0.857. The first-order valence-corrected chi connectivity index (χ1v) is 10.7. The number of nitrogens with one attached hydrogen (secondary N) is 2. The molecule has 3 saturated carbocycles. The lowest BCUT2D eigenvalue weighted by Crippen LogP contribution is -2.65. The molecule has 27 heavy (non-hydrogen) atoms. The van der Waals surface area contributed by atoms with Crippen LogP contribution in [0.15, 0.2) is 12.7 Å². The van der Waals surface area contributed by atoms with E-state index in [9.17, 15) is 4.79 Å². The number of amides is 1. The van der Waals surface area contributed by atoms with Crippen LogP contribution in [0.25, 0.3) is 0 Å². The van der Waals surface area contributed by atoms with E-state index in [1.807, 2.05) is 6.08 Å². The van der Waals surface area contributed by atoms with Crippen LogP contribution in [0.5, 0.6) is 0 Å². The monoisotopic (exact) mass is 376 g/mol. The Kier molecular flexibility index (Phi) is 6.09. The smallest absolute Gasteiger partial charge is 0.391 e. The van der Waals surface area contributed by atoms with Crippen LogP contribution in [0.1, 0.15) is 66.7 Å². The molecule has 0 radical (unpaired) electrons. The second-order valence-corrected chi connectivity index (χ2v) is 9.87. The highest BCUT2D eigenvalue weighted by molar-refractivity contribution is 6.42. The van der Waals surface area contributed by atoms with Gasteiger partial charge in [0.05, 0.1) is 17.7 Å². The number of carbonyl (C=O) groups is 1. The molecule has 152 valence electrons. The van der Waals surface area contributed by atoms with Crippen molar-refractivity contribution in [3.8, 4) is 0 Å². The molecule has 0 spiro atoms. The Labute approximate surface area is 165 Å². The zero-order chi connectivity index (χ0) is 19.8. The predicted molar refractivity (Wildman–Crippen MR) is 109 cm³/mol. The van der Waals surface area contributed by atoms with Gasteiger partial charge in [-0.25, -0.2) is 0 Å². The Morgan fingerprint density at radius 3 is 2.70 bits per heavy atom. The van der Waals surface area contributed by atoms with Crippen molar-refractivity contribution in [1.29, 1.82) is 0 Å². The minimum absolute atomic E-state index is 0.0321. The van der Waals surface area contributed by atoms with Gasteiger partial charge >= 0.3 is 7.25 Å². The molecule has 0 aromatic heterocycles. The van der Waals surface area contributed by atoms with Crippen LogP contribution in [0.4, 0.5) is 0 Å². The number of carbonyl (C=O) groups excluding carboxylic acids is 1. The molecule has 4 aliphatic rings. The van der Waals surface area contributed by atoms with E-state index >= 15 is 0 Å². The Morgan fingerprint density at radius 2 is 2.07 bits per heavy atom. The molecule has 0 unspecified atom stereocenters. The lowest BCUT2D eigenvalue weighted by atomic mass is 9.43. The molecule has 5 nitrogen and oxygen atoms in total. The molecule has 0 aromatic carbocycles. The van der Waals surface area contributed by atoms with Gasteiger partial charge in [-0.1, -0.05) is 33.8 Å². The number of rotatable bonds is 9. The number of allylic oxidation sites excluding steroid dienone is 1. The van der Waals surface area contributed by atoms with Crippen molar-refractivity contribution < 1.29 is 14.1 Å². The van der Waals surface area contributed by atoms with Gasteiger partial charge < -0.3 is 14.6 Å². The Hall–Kier alpha value is -0.845. The van der Waals surface area contributed by atoms with Crippen molar-refractivity contribution in [2.75, 3.05) is 6.54 Å². The van der Waals surface area contributed by atoms with Gasteiger partial charge in [-0.05, 0) is 62.2 Å². The van der Waals surface area contributed by atoms with E-state index in [1.165, 1.54) is 6.42 Å². The summed E-state index contributed by atoms with van der Waals surface area (Å²) in [6, 6.07) is -0.300. The Morgan fingerprint density at radius 1 is 1.33 bits per heavy atom. The van der Waals surface area contributed by atoms with Crippen LogP contribution < -0.4 is 10.5 Å². The predicted octanol–water partition coefficient (Wildman–Crippen LogP) is 3.30. The molecular formula is C21H37BN2O3. The average molecular weight is 376 g/mol. The van der Waals surface area contributed by atoms with E-state index in [4.69, 9.17) is 9.31 Å². The van der Waals surface area contributed by atoms with Crippen LogP contribution >= 0.6 is 0 Å². The lowest BCUT2D eigenvalue weighted by Gasteiger charge is -2.64. The van der Waals surface area contributed by atoms with Gasteiger partial charge in [0.15, 0.2) is 0 Å². The van der Waals surface area contributed by atoms with Crippen molar-refractivity contribution >= 4 is 13.2 Å². The number of hydrogen-bond acceptors (Lipinski definition) is 4. The molecular weight excluding hydrogens is 339 g/mol. The first-order chi connectivity index (χ1) is 12.7. The van der Waals surface area contributed by atoms with Crippen LogP contribution in [0.3, 0.4) is 0 Å². The normalized spacial score (nSPS) is 34.7. The van der Waals surface area contributed by atoms with Crippen LogP contribution in [0, 0.1) is 23.2 Å². The summed E-state index contributed by atoms with van der Waals surface area (Å²) in [6.45, 7) is 15.6. The molecule has 5 atom stereocenters. The van der Waals surface area contributed by atoms with E-state index in [0.717, 1.165) is 31.6 Å². The van der Waals surface area contributed by atoms with Gasteiger partial charge in [0, 0.05) is 6.54 Å². The van der Waals surface area contributed by atoms with Gasteiger partial charge in [0.2, 0.25) is 5.91 Å². The highest BCUT2D eigenvalue weighted by Gasteiger charge is 2.68. The SMILES string of the molecule is C=CCCCNC(=O)[C@H](CC(C)C)NB1O[C@H]2C[C@@H]3C[C@@H](C3(C)C)[C@]2(C)O1. The van der Waals surface area contributed by atoms with Crippen molar-refractivity contribution in [3.63, 3.8) is 0 Å². The van der Waals surface area contributed by atoms with Gasteiger partial charge in [-0.2, -0.15) is 0 Å². The summed E-state index contributed by atoms with van der Waals surface area (Å²) in [5.41, 5.74) is 0.0715. The third kappa shape index (κ3) is 3.99. The third-order valence-corrected chi connectivity index (χ3v) is 7.19. The maximum absolute atomic E-state index is 12.7. The highest BCUT2D eigenvalue weighted by Crippen LogP contribution is 2.65. The lowest BCUT2D eigenvalue weighted by molar-refractivity contribution is -0.199. The van der Waals surface area contributed by atoms with Gasteiger partial charge in [0.25, 0.3) is 0 Å². The van der Waals surface area contributed by atoms with Crippen molar-refractivity contribution in [2.24, 2.45) is 23.2 Å². The maximum atomic E-state index is 12.7. The fourth-order valence-electron chi connectivity index (χ4n) is 5.40. The minimum atomic E-state index is -0.502. The summed E-state index contributed by atoms with van der Waals surface area (Å²) in [4.78, 5) is 12.7. The molecule has 2 N–H and O–H groups in total. The minimum Gasteiger partial charge on any atom is -0.391 e. The summed E-state index contributed by atoms with van der Waals surface area (Å²) < 4.78 is 12.7. The molecule has 4 fully saturated rings. The van der Waals surface area contributed by atoms with Gasteiger partial charge in [-0.15, -0.1) is 6.58 Å². The Balaban J connectivity index is 1.60. The zero-order valence-corrected chi connectivity index (χ0v) is 17.7. The Bertz CT molecular complexity index is 568. The first-order valence-electron chi connectivity index (χ1n) is 10.7. The summed E-state index contributed by atoms with van der Waals surface area (Å²) in [5.74, 6) is 1.69. The topological polar surface area (TPSA) is 59.6 Å². The molecule has 1 heterocycles. The molecule has 0 aromatic rings. The zero-order valence-electron chi connectivity index (χ0n) is 17.7. The molecule has 3 aliphatic carbocycles. The summed E-state index contributed by atoms with van der Waals surface area (Å²) in [6.07, 6.45) is 6.88. The molecule has 6 heteroatoms. The van der Waals surface area contributed by atoms with E-state index < -0.39 is 7.25 Å². The largest absolute Gasteiger partial charge is 0.556 e. The molecule has 1 saturated heterocycles. The average Bonchev–Trinajstić information content (AvgIpc) is 2.92. The third-order valence-electron chi connectivity index (χ3n) is 7.19. The quantitative estimate of drug-likeness (QED) is 0.368. The number of hydrogen-bond donors (Lipinski definition) is 2. The van der Waals surface area contributed by atoms with Crippen molar-refractivity contribution in [2.45, 2.75) is 84.5 Å². The highest BCUT2D eigenvalue weighted by atomic mass is 16.7. The first kappa shape index (κ1) is 20.9. The summed E-state index contributed by atoms with van der Waals surface area (Å²) in [7, 11) is -0.502. The second-order valence-electron chi connectivity index (χ2n) is 9.87. The molecule has 1 amide bonds. The van der Waals surface area contributed by atoms with Crippen molar-refractivity contribution in [1.82, 2.24) is 10.5 Å². The number of unbranched alkanes of at least 4 members (excludes halogenated alkanes) is 1. The fourth-order valence-corrected chi connectivity index (χ4v) is 5.40. The molecule has 2 bridgehead atoms. The van der Waals surface area contributed by atoms with Crippen LogP contribution in [-0.2, 0) is 14.1 Å². The molecule has 1 aliphatic heterocycles. The van der Waals surface area contributed by atoms with E-state index in [-0.39, 0.29) is 23.7 Å². The van der Waals surface area contributed by atoms with Crippen LogP contribution in [0.2, 0.25) is 0 Å².